The molecule has 17 heavy (non-hydrogen) atoms. The monoisotopic (exact) mass is 298 g/mol. The third kappa shape index (κ3) is 2.20. The van der Waals surface area contributed by atoms with Crippen molar-refractivity contribution in [3.05, 3.63) is 34.1 Å². The van der Waals surface area contributed by atoms with E-state index in [1.165, 1.54) is 6.07 Å². The Kier molecular flexibility index (Phi) is 3.19. The maximum absolute atomic E-state index is 13.2. The second-order valence-corrected chi connectivity index (χ2v) is 4.95. The summed E-state index contributed by atoms with van der Waals surface area (Å²) in [5, 5.41) is 3.93. The Morgan fingerprint density at radius 3 is 2.71 bits per heavy atom. The third-order valence-electron chi connectivity index (χ3n) is 2.53. The van der Waals surface area contributed by atoms with Gasteiger partial charge in [0, 0.05) is 11.1 Å². The smallest absolute Gasteiger partial charge is 0.226 e. The normalized spacial score (nSPS) is 11.1. The van der Waals surface area contributed by atoms with Gasteiger partial charge < -0.3 is 10.3 Å². The van der Waals surface area contributed by atoms with E-state index in [9.17, 15) is 4.39 Å². The van der Waals surface area contributed by atoms with Crippen LogP contribution in [-0.4, -0.2) is 5.16 Å². The molecule has 0 saturated carbocycles. The molecule has 0 aliphatic heterocycles. The summed E-state index contributed by atoms with van der Waals surface area (Å²) in [6.07, 6.45) is 0. The minimum Gasteiger partial charge on any atom is -0.367 e. The molecule has 5 heteroatoms. The Hall–Kier alpha value is -1.36. The number of nitrogens with two attached hydrogens (primary N) is 1. The van der Waals surface area contributed by atoms with Crippen LogP contribution in [-0.2, 0) is 0 Å². The summed E-state index contributed by atoms with van der Waals surface area (Å²) < 4.78 is 18.6. The van der Waals surface area contributed by atoms with Crippen molar-refractivity contribution in [1.29, 1.82) is 0 Å². The van der Waals surface area contributed by atoms with Gasteiger partial charge in [-0.05, 0) is 40.0 Å². The van der Waals surface area contributed by atoms with E-state index in [2.05, 4.69) is 21.1 Å². The van der Waals surface area contributed by atoms with E-state index in [1.807, 2.05) is 13.8 Å². The highest BCUT2D eigenvalue weighted by molar-refractivity contribution is 9.10. The van der Waals surface area contributed by atoms with Gasteiger partial charge in [0.25, 0.3) is 0 Å². The molecule has 1 aromatic heterocycles. The van der Waals surface area contributed by atoms with Crippen LogP contribution in [0.3, 0.4) is 0 Å². The molecule has 0 spiro atoms. The van der Waals surface area contributed by atoms with Crippen LogP contribution in [0, 0.1) is 5.82 Å². The number of nitrogen functional groups attached to an aromatic ring is 1. The minimum atomic E-state index is -0.309. The standard InChI is InChI=1S/C12H12BrFN2O/c1-6(2)10-11(16-17-12(10)15)7-3-4-9(14)8(13)5-7/h3-6H,15H2,1-2H3. The summed E-state index contributed by atoms with van der Waals surface area (Å²) in [5.74, 6) is 0.201. The maximum atomic E-state index is 13.2. The van der Waals surface area contributed by atoms with E-state index in [0.29, 0.717) is 16.1 Å². The number of halogens is 2. The van der Waals surface area contributed by atoms with Crippen LogP contribution in [0.15, 0.2) is 27.2 Å². The van der Waals surface area contributed by atoms with Crippen LogP contribution >= 0.6 is 15.9 Å². The summed E-state index contributed by atoms with van der Waals surface area (Å²) in [6, 6.07) is 4.70. The zero-order valence-corrected chi connectivity index (χ0v) is 11.1. The van der Waals surface area contributed by atoms with Crippen molar-refractivity contribution in [2.45, 2.75) is 19.8 Å². The first-order chi connectivity index (χ1) is 8.00. The molecule has 0 atom stereocenters. The average molecular weight is 299 g/mol. The van der Waals surface area contributed by atoms with E-state index in [1.54, 1.807) is 12.1 Å². The SMILES string of the molecule is CC(C)c1c(-c2ccc(F)c(Br)c2)noc1N. The average Bonchev–Trinajstić information content (AvgIpc) is 2.64. The molecule has 0 unspecified atom stereocenters. The van der Waals surface area contributed by atoms with E-state index >= 15 is 0 Å². The van der Waals surface area contributed by atoms with Crippen LogP contribution in [0.4, 0.5) is 10.3 Å². The fourth-order valence-corrected chi connectivity index (χ4v) is 2.10. The predicted molar refractivity (Wildman–Crippen MR) is 68.1 cm³/mol. The predicted octanol–water partition coefficient (Wildman–Crippen LogP) is 3.95. The molecule has 1 heterocycles. The molecule has 0 amide bonds. The van der Waals surface area contributed by atoms with E-state index in [-0.39, 0.29) is 11.7 Å². The van der Waals surface area contributed by atoms with Gasteiger partial charge >= 0.3 is 0 Å². The Labute approximate surface area is 107 Å². The van der Waals surface area contributed by atoms with Crippen LogP contribution in [0.1, 0.15) is 25.3 Å². The molecule has 0 aliphatic carbocycles. The Balaban J connectivity index is 2.56. The Morgan fingerprint density at radius 2 is 2.12 bits per heavy atom. The summed E-state index contributed by atoms with van der Waals surface area (Å²) in [4.78, 5) is 0. The molecule has 3 nitrogen and oxygen atoms in total. The van der Waals surface area contributed by atoms with Crippen molar-refractivity contribution >= 4 is 21.8 Å². The molecular formula is C12H12BrFN2O. The minimum absolute atomic E-state index is 0.195. The number of rotatable bonds is 2. The van der Waals surface area contributed by atoms with E-state index < -0.39 is 0 Å². The van der Waals surface area contributed by atoms with Crippen molar-refractivity contribution in [1.82, 2.24) is 5.16 Å². The van der Waals surface area contributed by atoms with Gasteiger partial charge in [0.05, 0.1) is 4.47 Å². The lowest BCUT2D eigenvalue weighted by Crippen LogP contribution is -1.94. The topological polar surface area (TPSA) is 52.0 Å². The molecule has 2 N–H and O–H groups in total. The highest BCUT2D eigenvalue weighted by atomic mass is 79.9. The molecule has 0 aliphatic rings. The van der Waals surface area contributed by atoms with Crippen molar-refractivity contribution in [2.24, 2.45) is 0 Å². The van der Waals surface area contributed by atoms with Crippen LogP contribution < -0.4 is 5.73 Å². The Bertz CT molecular complexity index is 551. The maximum Gasteiger partial charge on any atom is 0.226 e. The largest absolute Gasteiger partial charge is 0.367 e. The quantitative estimate of drug-likeness (QED) is 0.913. The molecule has 90 valence electrons. The van der Waals surface area contributed by atoms with Crippen LogP contribution in [0.2, 0.25) is 0 Å². The number of anilines is 1. The molecule has 0 radical (unpaired) electrons. The number of aromatic nitrogens is 1. The molecule has 2 aromatic rings. The van der Waals surface area contributed by atoms with Gasteiger partial charge in [-0.3, -0.25) is 0 Å². The number of hydrogen-bond donors (Lipinski definition) is 1. The second kappa shape index (κ2) is 4.49. The summed E-state index contributed by atoms with van der Waals surface area (Å²) in [6.45, 7) is 4.01. The molecule has 1 aromatic carbocycles. The lowest BCUT2D eigenvalue weighted by Gasteiger charge is -2.06. The molecule has 0 bridgehead atoms. The zero-order chi connectivity index (χ0) is 12.6. The van der Waals surface area contributed by atoms with Crippen molar-refractivity contribution in [3.8, 4) is 11.3 Å². The highest BCUT2D eigenvalue weighted by Crippen LogP contribution is 2.34. The molecule has 0 saturated heterocycles. The number of benzene rings is 1. The zero-order valence-electron chi connectivity index (χ0n) is 9.50. The van der Waals surface area contributed by atoms with Gasteiger partial charge in [0.2, 0.25) is 5.88 Å². The van der Waals surface area contributed by atoms with Gasteiger partial charge in [-0.2, -0.15) is 0 Å². The van der Waals surface area contributed by atoms with Gasteiger partial charge in [0.1, 0.15) is 11.5 Å². The first kappa shape index (κ1) is 12.1. The summed E-state index contributed by atoms with van der Waals surface area (Å²) in [5.41, 5.74) is 8.03. The van der Waals surface area contributed by atoms with Gasteiger partial charge in [-0.1, -0.05) is 19.0 Å². The van der Waals surface area contributed by atoms with Gasteiger partial charge in [-0.15, -0.1) is 0 Å². The van der Waals surface area contributed by atoms with Gasteiger partial charge in [0.15, 0.2) is 0 Å². The van der Waals surface area contributed by atoms with Crippen molar-refractivity contribution < 1.29 is 8.91 Å². The molecule has 2 rings (SSSR count). The van der Waals surface area contributed by atoms with E-state index in [0.717, 1.165) is 11.1 Å². The van der Waals surface area contributed by atoms with Crippen molar-refractivity contribution in [3.63, 3.8) is 0 Å². The third-order valence-corrected chi connectivity index (χ3v) is 3.13. The fourth-order valence-electron chi connectivity index (χ4n) is 1.72. The lowest BCUT2D eigenvalue weighted by molar-refractivity contribution is 0.438. The first-order valence-corrected chi connectivity index (χ1v) is 6.00. The summed E-state index contributed by atoms with van der Waals surface area (Å²) in [7, 11) is 0. The van der Waals surface area contributed by atoms with Crippen LogP contribution in [0.25, 0.3) is 11.3 Å². The lowest BCUT2D eigenvalue weighted by atomic mass is 9.99. The second-order valence-electron chi connectivity index (χ2n) is 4.09. The summed E-state index contributed by atoms with van der Waals surface area (Å²) >= 11 is 3.15. The van der Waals surface area contributed by atoms with Crippen LogP contribution in [0.5, 0.6) is 0 Å². The molecular weight excluding hydrogens is 287 g/mol. The first-order valence-electron chi connectivity index (χ1n) is 5.21. The van der Waals surface area contributed by atoms with Crippen molar-refractivity contribution in [2.75, 3.05) is 5.73 Å². The molecule has 0 fully saturated rings. The number of hydrogen-bond acceptors (Lipinski definition) is 3. The Morgan fingerprint density at radius 1 is 1.41 bits per heavy atom. The number of nitrogens with zero attached hydrogens (tertiary/aromatic N) is 1. The highest BCUT2D eigenvalue weighted by Gasteiger charge is 2.18. The van der Waals surface area contributed by atoms with Gasteiger partial charge in [-0.25, -0.2) is 4.39 Å². The fraction of sp³-hybridized carbons (Fsp3) is 0.250. The van der Waals surface area contributed by atoms with E-state index in [4.69, 9.17) is 10.3 Å².